The van der Waals surface area contributed by atoms with Gasteiger partial charge in [0.15, 0.2) is 5.96 Å². The third kappa shape index (κ3) is 5.00. The number of guanidine groups is 1. The summed E-state index contributed by atoms with van der Waals surface area (Å²) in [5.41, 5.74) is 4.28. The summed E-state index contributed by atoms with van der Waals surface area (Å²) in [5, 5.41) is 6.67. The van der Waals surface area contributed by atoms with Crippen LogP contribution in [0.25, 0.3) is 5.65 Å². The number of rotatable bonds is 7. The van der Waals surface area contributed by atoms with Gasteiger partial charge in [-0.2, -0.15) is 0 Å². The summed E-state index contributed by atoms with van der Waals surface area (Å²) in [5.74, 6) is 1.67. The quantitative estimate of drug-likeness (QED) is 0.499. The maximum absolute atomic E-state index is 5.47. The molecule has 0 aliphatic carbocycles. The van der Waals surface area contributed by atoms with Gasteiger partial charge in [0.25, 0.3) is 0 Å². The summed E-state index contributed by atoms with van der Waals surface area (Å²) in [6.45, 7) is 6.26. The Morgan fingerprint density at radius 1 is 1.22 bits per heavy atom. The number of aliphatic imine (C=N–C) groups is 1. The molecule has 0 saturated carbocycles. The van der Waals surface area contributed by atoms with Gasteiger partial charge in [0, 0.05) is 37.5 Å². The van der Waals surface area contributed by atoms with Crippen LogP contribution >= 0.6 is 0 Å². The highest BCUT2D eigenvalue weighted by molar-refractivity contribution is 5.79. The molecule has 0 atom stereocenters. The highest BCUT2D eigenvalue weighted by Gasteiger charge is 2.05. The molecule has 2 N–H and O–H groups in total. The molecule has 2 aromatic heterocycles. The third-order valence-electron chi connectivity index (χ3n) is 4.28. The van der Waals surface area contributed by atoms with Crippen molar-refractivity contribution in [3.05, 3.63) is 65.6 Å². The molecule has 0 aliphatic rings. The second-order valence-corrected chi connectivity index (χ2v) is 6.39. The number of ether oxygens (including phenoxy) is 1. The molecule has 3 rings (SSSR count). The van der Waals surface area contributed by atoms with Crippen LogP contribution in [0.15, 0.2) is 53.8 Å². The molecule has 27 heavy (non-hydrogen) atoms. The van der Waals surface area contributed by atoms with E-state index in [2.05, 4.69) is 52.8 Å². The van der Waals surface area contributed by atoms with E-state index in [0.717, 1.165) is 48.1 Å². The Bertz CT molecular complexity index is 883. The Hall–Kier alpha value is -3.02. The molecule has 0 amide bonds. The Labute approximate surface area is 160 Å². The third-order valence-corrected chi connectivity index (χ3v) is 4.28. The smallest absolute Gasteiger partial charge is 0.191 e. The minimum absolute atomic E-state index is 0.563. The first-order valence-corrected chi connectivity index (χ1v) is 9.28. The summed E-state index contributed by atoms with van der Waals surface area (Å²) in [6, 6.07) is 12.2. The molecule has 142 valence electrons. The molecular weight excluding hydrogens is 338 g/mol. The highest BCUT2D eigenvalue weighted by atomic mass is 16.5. The maximum Gasteiger partial charge on any atom is 0.191 e. The van der Waals surface area contributed by atoms with Crippen molar-refractivity contribution in [3.63, 3.8) is 0 Å². The number of pyridine rings is 1. The molecule has 0 fully saturated rings. The van der Waals surface area contributed by atoms with Crippen molar-refractivity contribution in [2.45, 2.75) is 26.8 Å². The first-order chi connectivity index (χ1) is 13.2. The maximum atomic E-state index is 5.47. The van der Waals surface area contributed by atoms with Crippen molar-refractivity contribution in [1.82, 2.24) is 20.0 Å². The number of nitrogens with one attached hydrogen (secondary N) is 2. The summed E-state index contributed by atoms with van der Waals surface area (Å²) >= 11 is 0. The van der Waals surface area contributed by atoms with Gasteiger partial charge in [-0.25, -0.2) is 9.98 Å². The lowest BCUT2D eigenvalue weighted by atomic mass is 10.1. The van der Waals surface area contributed by atoms with Crippen LogP contribution < -0.4 is 15.4 Å². The van der Waals surface area contributed by atoms with Gasteiger partial charge in [0.05, 0.1) is 19.3 Å². The first kappa shape index (κ1) is 18.8. The van der Waals surface area contributed by atoms with Crippen LogP contribution in [0.3, 0.4) is 0 Å². The lowest BCUT2D eigenvalue weighted by Crippen LogP contribution is -2.38. The molecule has 2 heterocycles. The second kappa shape index (κ2) is 9.07. The van der Waals surface area contributed by atoms with Crippen LogP contribution in [0, 0.1) is 6.92 Å². The average Bonchev–Trinajstić information content (AvgIpc) is 3.09. The monoisotopic (exact) mass is 365 g/mol. The van der Waals surface area contributed by atoms with Crippen molar-refractivity contribution in [1.29, 1.82) is 0 Å². The molecule has 0 spiro atoms. The number of methoxy groups -OCH3 is 1. The Kier molecular flexibility index (Phi) is 6.30. The Balaban J connectivity index is 1.60. The van der Waals surface area contributed by atoms with Gasteiger partial charge in [-0.05, 0) is 37.6 Å². The van der Waals surface area contributed by atoms with Crippen molar-refractivity contribution in [2.24, 2.45) is 4.99 Å². The lowest BCUT2D eigenvalue weighted by molar-refractivity contribution is 0.409. The predicted molar refractivity (Wildman–Crippen MR) is 109 cm³/mol. The largest absolute Gasteiger partial charge is 0.496 e. The Morgan fingerprint density at radius 2 is 2.11 bits per heavy atom. The topological polar surface area (TPSA) is 63.0 Å². The van der Waals surface area contributed by atoms with E-state index < -0.39 is 0 Å². The number of aryl methyl sites for hydroxylation is 1. The molecular formula is C21H27N5O. The molecule has 6 nitrogen and oxygen atoms in total. The molecule has 3 aromatic rings. The average molecular weight is 365 g/mol. The predicted octanol–water partition coefficient (Wildman–Crippen LogP) is 2.95. The van der Waals surface area contributed by atoms with Crippen LogP contribution in [0.5, 0.6) is 5.75 Å². The van der Waals surface area contributed by atoms with Crippen molar-refractivity contribution in [3.8, 4) is 5.75 Å². The van der Waals surface area contributed by atoms with E-state index in [9.17, 15) is 0 Å². The number of hydrogen-bond acceptors (Lipinski definition) is 3. The van der Waals surface area contributed by atoms with E-state index >= 15 is 0 Å². The summed E-state index contributed by atoms with van der Waals surface area (Å²) in [7, 11) is 1.69. The van der Waals surface area contributed by atoms with Gasteiger partial charge in [-0.15, -0.1) is 0 Å². The summed E-state index contributed by atoms with van der Waals surface area (Å²) in [4.78, 5) is 9.31. The SMILES string of the molecule is CCNC(=NCc1ccc(C)cc1OC)NCCc1cn2ccccc2n1. The van der Waals surface area contributed by atoms with Gasteiger partial charge in [0.1, 0.15) is 11.4 Å². The van der Waals surface area contributed by atoms with E-state index in [-0.39, 0.29) is 0 Å². The summed E-state index contributed by atoms with van der Waals surface area (Å²) < 4.78 is 7.51. The zero-order valence-electron chi connectivity index (χ0n) is 16.2. The molecule has 0 aliphatic heterocycles. The second-order valence-electron chi connectivity index (χ2n) is 6.39. The molecule has 0 radical (unpaired) electrons. The van der Waals surface area contributed by atoms with E-state index in [0.29, 0.717) is 6.54 Å². The van der Waals surface area contributed by atoms with Crippen LogP contribution in [-0.4, -0.2) is 35.5 Å². The van der Waals surface area contributed by atoms with E-state index in [1.54, 1.807) is 7.11 Å². The van der Waals surface area contributed by atoms with E-state index in [1.807, 2.05) is 34.9 Å². The minimum Gasteiger partial charge on any atom is -0.496 e. The number of aromatic nitrogens is 2. The fourth-order valence-electron chi connectivity index (χ4n) is 2.90. The molecule has 0 saturated heterocycles. The van der Waals surface area contributed by atoms with Crippen molar-refractivity contribution < 1.29 is 4.74 Å². The van der Waals surface area contributed by atoms with Gasteiger partial charge < -0.3 is 19.8 Å². The number of imidazole rings is 1. The Morgan fingerprint density at radius 3 is 2.89 bits per heavy atom. The zero-order valence-corrected chi connectivity index (χ0v) is 16.2. The standard InChI is InChI=1S/C21H27N5O/c1-4-22-21(24-14-17-9-8-16(2)13-19(17)27-3)23-11-10-18-15-26-12-6-5-7-20(26)25-18/h5-9,12-13,15H,4,10-11,14H2,1-3H3,(H2,22,23,24). The minimum atomic E-state index is 0.563. The molecule has 0 unspecified atom stereocenters. The fraction of sp³-hybridized carbons (Fsp3) is 0.333. The molecule has 1 aromatic carbocycles. The van der Waals surface area contributed by atoms with E-state index in [1.165, 1.54) is 5.56 Å². The number of benzene rings is 1. The first-order valence-electron chi connectivity index (χ1n) is 9.28. The normalized spacial score (nSPS) is 11.6. The molecule has 6 heteroatoms. The van der Waals surface area contributed by atoms with Gasteiger partial charge in [-0.1, -0.05) is 18.2 Å². The lowest BCUT2D eigenvalue weighted by Gasteiger charge is -2.12. The fourth-order valence-corrected chi connectivity index (χ4v) is 2.90. The van der Waals surface area contributed by atoms with Gasteiger partial charge in [-0.3, -0.25) is 0 Å². The van der Waals surface area contributed by atoms with Crippen LogP contribution in [-0.2, 0) is 13.0 Å². The number of fused-ring (bicyclic) bond motifs is 1. The number of nitrogens with zero attached hydrogens (tertiary/aromatic N) is 3. The summed E-state index contributed by atoms with van der Waals surface area (Å²) in [6.07, 6.45) is 4.91. The van der Waals surface area contributed by atoms with Gasteiger partial charge in [0.2, 0.25) is 0 Å². The van der Waals surface area contributed by atoms with Crippen LogP contribution in [0.4, 0.5) is 0 Å². The van der Waals surface area contributed by atoms with E-state index in [4.69, 9.17) is 4.74 Å². The van der Waals surface area contributed by atoms with Crippen LogP contribution in [0.1, 0.15) is 23.7 Å². The van der Waals surface area contributed by atoms with Gasteiger partial charge >= 0.3 is 0 Å². The van der Waals surface area contributed by atoms with Crippen molar-refractivity contribution in [2.75, 3.05) is 20.2 Å². The van der Waals surface area contributed by atoms with Crippen molar-refractivity contribution >= 4 is 11.6 Å². The highest BCUT2D eigenvalue weighted by Crippen LogP contribution is 2.20. The van der Waals surface area contributed by atoms with Crippen LogP contribution in [0.2, 0.25) is 0 Å². The zero-order chi connectivity index (χ0) is 19.1. The number of hydrogen-bond donors (Lipinski definition) is 2. The molecule has 0 bridgehead atoms.